The number of nitrogens with one attached hydrogen (secondary N) is 2. The maximum atomic E-state index is 13.9. The van der Waals surface area contributed by atoms with E-state index in [-0.39, 0.29) is 13.0 Å². The first-order chi connectivity index (χ1) is 18.5. The molecule has 2 aromatic carbocycles. The number of esters is 1. The van der Waals surface area contributed by atoms with Crippen LogP contribution in [0, 0.1) is 13.8 Å². The van der Waals surface area contributed by atoms with Gasteiger partial charge in [-0.1, -0.05) is 54.1 Å². The Morgan fingerprint density at radius 2 is 1.48 bits per heavy atom. The lowest BCUT2D eigenvalue weighted by Gasteiger charge is -2.31. The van der Waals surface area contributed by atoms with Crippen molar-refractivity contribution in [3.8, 4) is 0 Å². The average molecular weight is 554 g/mol. The van der Waals surface area contributed by atoms with E-state index in [1.807, 2.05) is 56.3 Å². The molecule has 3 amide bonds. The minimum Gasteiger partial charge on any atom is -0.458 e. The van der Waals surface area contributed by atoms with E-state index in [4.69, 9.17) is 9.47 Å². The van der Waals surface area contributed by atoms with Crippen molar-refractivity contribution >= 4 is 23.9 Å². The summed E-state index contributed by atoms with van der Waals surface area (Å²) >= 11 is 0. The molecule has 0 radical (unpaired) electrons. The number of rotatable bonds is 9. The van der Waals surface area contributed by atoms with Crippen LogP contribution in [0.5, 0.6) is 0 Å². The zero-order valence-electron chi connectivity index (χ0n) is 25.1. The van der Waals surface area contributed by atoms with Gasteiger partial charge in [0.15, 0.2) is 0 Å². The second-order valence-corrected chi connectivity index (χ2v) is 11.9. The van der Waals surface area contributed by atoms with Gasteiger partial charge in [-0.15, -0.1) is 0 Å². The van der Waals surface area contributed by atoms with E-state index >= 15 is 0 Å². The van der Waals surface area contributed by atoms with Crippen LogP contribution in [0.3, 0.4) is 0 Å². The van der Waals surface area contributed by atoms with Gasteiger partial charge in [0.25, 0.3) is 0 Å². The van der Waals surface area contributed by atoms with Gasteiger partial charge in [-0.2, -0.15) is 0 Å². The number of carbonyl (C=O) groups excluding carboxylic acids is 4. The minimum absolute atomic E-state index is 0.207. The third kappa shape index (κ3) is 10.4. The number of benzene rings is 2. The predicted octanol–water partition coefficient (Wildman–Crippen LogP) is 4.40. The molecule has 2 unspecified atom stereocenters. The summed E-state index contributed by atoms with van der Waals surface area (Å²) in [7, 11) is 1.49. The first-order valence-electron chi connectivity index (χ1n) is 13.3. The van der Waals surface area contributed by atoms with Crippen LogP contribution in [-0.4, -0.2) is 59.6 Å². The molecule has 9 nitrogen and oxygen atoms in total. The van der Waals surface area contributed by atoms with E-state index in [0.717, 1.165) is 16.7 Å². The maximum absolute atomic E-state index is 13.9. The molecular formula is C31H43N3O6. The van der Waals surface area contributed by atoms with Gasteiger partial charge in [0.1, 0.15) is 29.8 Å². The van der Waals surface area contributed by atoms with Gasteiger partial charge in [-0.05, 0) is 72.1 Å². The molecule has 0 aromatic heterocycles. The molecule has 0 aliphatic rings. The highest BCUT2D eigenvalue weighted by Crippen LogP contribution is 2.25. The standard InChI is InChI=1S/C31H43N3O6/c1-20-15-16-23(21(2)17-20)26(34(9)25(35)19-32-29(38)40-31(6,7)8)27(36)33-24(28(37)39-30(3,4)5)18-22-13-11-10-12-14-22/h10-17,24,26H,18-19H2,1-9H3,(H,32,38)(H,33,36). The average Bonchev–Trinajstić information content (AvgIpc) is 2.82. The molecule has 2 rings (SSSR count). The third-order valence-electron chi connectivity index (χ3n) is 5.82. The van der Waals surface area contributed by atoms with Crippen molar-refractivity contribution in [1.29, 1.82) is 0 Å². The van der Waals surface area contributed by atoms with Gasteiger partial charge in [0.05, 0.1) is 0 Å². The Hall–Kier alpha value is -3.88. The number of alkyl carbamates (subject to hydrolysis) is 1. The van der Waals surface area contributed by atoms with Crippen molar-refractivity contribution < 1.29 is 28.7 Å². The van der Waals surface area contributed by atoms with Crippen LogP contribution in [0.4, 0.5) is 4.79 Å². The molecule has 218 valence electrons. The van der Waals surface area contributed by atoms with Crippen LogP contribution in [0.25, 0.3) is 0 Å². The van der Waals surface area contributed by atoms with E-state index in [9.17, 15) is 19.2 Å². The summed E-state index contributed by atoms with van der Waals surface area (Å²) < 4.78 is 10.8. The molecule has 0 bridgehead atoms. The molecular weight excluding hydrogens is 510 g/mol. The monoisotopic (exact) mass is 553 g/mol. The van der Waals surface area contributed by atoms with Crippen molar-refractivity contribution in [3.05, 3.63) is 70.8 Å². The van der Waals surface area contributed by atoms with Gasteiger partial charge in [0, 0.05) is 13.5 Å². The van der Waals surface area contributed by atoms with Crippen LogP contribution in [0.15, 0.2) is 48.5 Å². The Morgan fingerprint density at radius 3 is 2.02 bits per heavy atom. The fraction of sp³-hybridized carbons (Fsp3) is 0.484. The van der Waals surface area contributed by atoms with Gasteiger partial charge >= 0.3 is 12.1 Å². The normalized spacial score (nSPS) is 13.0. The Labute approximate surface area is 237 Å². The molecule has 9 heteroatoms. The van der Waals surface area contributed by atoms with E-state index < -0.39 is 47.2 Å². The number of hydrogen-bond donors (Lipinski definition) is 2. The number of carbonyl (C=O) groups is 4. The first kappa shape index (κ1) is 32.3. The van der Waals surface area contributed by atoms with Crippen molar-refractivity contribution in [1.82, 2.24) is 15.5 Å². The number of aryl methyl sites for hydroxylation is 2. The summed E-state index contributed by atoms with van der Waals surface area (Å²) in [5.41, 5.74) is 1.75. The van der Waals surface area contributed by atoms with Crippen LogP contribution in [0.2, 0.25) is 0 Å². The number of ether oxygens (including phenoxy) is 2. The summed E-state index contributed by atoms with van der Waals surface area (Å²) in [6, 6.07) is 12.8. The van der Waals surface area contributed by atoms with Gasteiger partial charge in [0.2, 0.25) is 11.8 Å². The highest BCUT2D eigenvalue weighted by Gasteiger charge is 2.34. The van der Waals surface area contributed by atoms with Crippen molar-refractivity contribution in [2.45, 2.75) is 85.1 Å². The largest absolute Gasteiger partial charge is 0.458 e. The van der Waals surface area contributed by atoms with Gasteiger partial charge in [-0.3, -0.25) is 9.59 Å². The van der Waals surface area contributed by atoms with Crippen molar-refractivity contribution in [3.63, 3.8) is 0 Å². The second kappa shape index (κ2) is 13.5. The fourth-order valence-electron chi connectivity index (χ4n) is 4.06. The molecule has 0 saturated heterocycles. The van der Waals surface area contributed by atoms with Crippen LogP contribution in [0.1, 0.15) is 69.8 Å². The Bertz CT molecular complexity index is 1200. The summed E-state index contributed by atoms with van der Waals surface area (Å²) in [5, 5.41) is 5.29. The molecule has 0 spiro atoms. The Balaban J connectivity index is 2.37. The van der Waals surface area contributed by atoms with Crippen molar-refractivity contribution in [2.24, 2.45) is 0 Å². The Morgan fingerprint density at radius 1 is 0.875 bits per heavy atom. The molecule has 0 heterocycles. The van der Waals surface area contributed by atoms with E-state index in [0.29, 0.717) is 5.56 Å². The summed E-state index contributed by atoms with van der Waals surface area (Å²) in [6.45, 7) is 13.9. The lowest BCUT2D eigenvalue weighted by atomic mass is 9.96. The maximum Gasteiger partial charge on any atom is 0.408 e. The smallest absolute Gasteiger partial charge is 0.408 e. The lowest BCUT2D eigenvalue weighted by Crippen LogP contribution is -2.51. The SMILES string of the molecule is Cc1ccc(C(C(=O)NC(Cc2ccccc2)C(=O)OC(C)(C)C)N(C)C(=O)CNC(=O)OC(C)(C)C)c(C)c1. The highest BCUT2D eigenvalue weighted by atomic mass is 16.6. The van der Waals surface area contributed by atoms with E-state index in [1.165, 1.54) is 11.9 Å². The predicted molar refractivity (Wildman–Crippen MR) is 154 cm³/mol. The van der Waals surface area contributed by atoms with Crippen molar-refractivity contribution in [2.75, 3.05) is 13.6 Å². The fourth-order valence-corrected chi connectivity index (χ4v) is 4.06. The summed E-state index contributed by atoms with van der Waals surface area (Å²) in [4.78, 5) is 53.7. The Kier molecular flexibility index (Phi) is 10.9. The number of amides is 3. The molecule has 2 aromatic rings. The molecule has 2 N–H and O–H groups in total. The molecule has 0 aliphatic carbocycles. The highest BCUT2D eigenvalue weighted by molar-refractivity contribution is 5.93. The first-order valence-corrected chi connectivity index (χ1v) is 13.3. The van der Waals surface area contributed by atoms with Crippen LogP contribution >= 0.6 is 0 Å². The zero-order valence-corrected chi connectivity index (χ0v) is 25.1. The summed E-state index contributed by atoms with van der Waals surface area (Å²) in [5.74, 6) is -1.64. The lowest BCUT2D eigenvalue weighted by molar-refractivity contribution is -0.159. The second-order valence-electron chi connectivity index (χ2n) is 11.9. The van der Waals surface area contributed by atoms with E-state index in [1.54, 1.807) is 47.6 Å². The topological polar surface area (TPSA) is 114 Å². The van der Waals surface area contributed by atoms with Crippen LogP contribution in [-0.2, 0) is 30.3 Å². The summed E-state index contributed by atoms with van der Waals surface area (Å²) in [6.07, 6.45) is -0.534. The molecule has 40 heavy (non-hydrogen) atoms. The molecule has 0 fully saturated rings. The third-order valence-corrected chi connectivity index (χ3v) is 5.82. The van der Waals surface area contributed by atoms with Gasteiger partial charge < -0.3 is 25.0 Å². The molecule has 2 atom stereocenters. The molecule has 0 aliphatic heterocycles. The minimum atomic E-state index is -1.07. The van der Waals surface area contributed by atoms with Crippen LogP contribution < -0.4 is 10.6 Å². The number of nitrogens with zero attached hydrogens (tertiary/aromatic N) is 1. The van der Waals surface area contributed by atoms with E-state index in [2.05, 4.69) is 10.6 Å². The number of hydrogen-bond acceptors (Lipinski definition) is 6. The van der Waals surface area contributed by atoms with Gasteiger partial charge in [-0.25, -0.2) is 9.59 Å². The quantitative estimate of drug-likeness (QED) is 0.445. The molecule has 0 saturated carbocycles. The number of likely N-dealkylation sites (N-methyl/N-ethyl adjacent to an activating group) is 1. The zero-order chi connectivity index (χ0) is 30.3.